The van der Waals surface area contributed by atoms with Crippen LogP contribution in [0.5, 0.6) is 0 Å². The summed E-state index contributed by atoms with van der Waals surface area (Å²) in [4.78, 5) is 28.6. The predicted octanol–water partition coefficient (Wildman–Crippen LogP) is 3.15. The number of Topliss-reactive ketones (excluding diaryl/α,β-unsaturated/α-hetero) is 1. The summed E-state index contributed by atoms with van der Waals surface area (Å²) < 4.78 is 30.9. The monoisotopic (exact) mass is 414 g/mol. The number of nitrogens with zero attached hydrogens (tertiary/aromatic N) is 1. The Balaban J connectivity index is 1.84. The maximum atomic E-state index is 12.9. The van der Waals surface area contributed by atoms with Crippen molar-refractivity contribution in [2.24, 2.45) is 0 Å². The molecule has 7 nitrogen and oxygen atoms in total. The van der Waals surface area contributed by atoms with Crippen molar-refractivity contribution >= 4 is 32.7 Å². The molecule has 1 atom stereocenters. The zero-order chi connectivity index (χ0) is 21.3. The first-order valence-electron chi connectivity index (χ1n) is 8.98. The molecule has 1 aromatic heterocycles. The van der Waals surface area contributed by atoms with Crippen molar-refractivity contribution in [2.45, 2.75) is 24.8 Å². The van der Waals surface area contributed by atoms with Gasteiger partial charge in [0, 0.05) is 36.3 Å². The smallest absolute Gasteiger partial charge is 0.338 e. The fraction of sp³-hybridized carbons (Fsp3) is 0.238. The number of fused-ring (bicyclic) bond motifs is 1. The molecule has 0 aliphatic rings. The van der Waals surface area contributed by atoms with Crippen LogP contribution < -0.4 is 0 Å². The van der Waals surface area contributed by atoms with Crippen LogP contribution in [-0.4, -0.2) is 49.7 Å². The largest absolute Gasteiger partial charge is 0.451 e. The second-order valence-electron chi connectivity index (χ2n) is 6.90. The number of H-pyrrole nitrogens is 1. The van der Waals surface area contributed by atoms with Crippen LogP contribution in [-0.2, 0) is 14.8 Å². The van der Waals surface area contributed by atoms with Crippen LogP contribution in [0.15, 0.2) is 53.4 Å². The van der Waals surface area contributed by atoms with Gasteiger partial charge in [-0.2, -0.15) is 0 Å². The van der Waals surface area contributed by atoms with Gasteiger partial charge in [0.05, 0.1) is 10.5 Å². The Morgan fingerprint density at radius 1 is 1.07 bits per heavy atom. The fourth-order valence-corrected chi connectivity index (χ4v) is 4.02. The van der Waals surface area contributed by atoms with E-state index in [2.05, 4.69) is 4.98 Å². The summed E-state index contributed by atoms with van der Waals surface area (Å²) in [6.45, 7) is 3.29. The number of rotatable bonds is 6. The second kappa shape index (κ2) is 7.81. The Labute approximate surface area is 169 Å². The van der Waals surface area contributed by atoms with Crippen LogP contribution in [0.2, 0.25) is 0 Å². The number of nitrogens with one attached hydrogen (secondary N) is 1. The van der Waals surface area contributed by atoms with E-state index in [1.165, 1.54) is 45.3 Å². The molecule has 0 saturated heterocycles. The van der Waals surface area contributed by atoms with Gasteiger partial charge in [0.1, 0.15) is 0 Å². The molecule has 0 amide bonds. The number of benzene rings is 2. The molecule has 3 rings (SSSR count). The van der Waals surface area contributed by atoms with Crippen molar-refractivity contribution in [3.8, 4) is 0 Å². The van der Waals surface area contributed by atoms with Crippen LogP contribution in [0.1, 0.15) is 33.3 Å². The van der Waals surface area contributed by atoms with E-state index in [9.17, 15) is 18.0 Å². The summed E-state index contributed by atoms with van der Waals surface area (Å²) in [6.07, 6.45) is -1.03. The van der Waals surface area contributed by atoms with Gasteiger partial charge in [-0.15, -0.1) is 0 Å². The quantitative estimate of drug-likeness (QED) is 0.494. The van der Waals surface area contributed by atoms with Crippen molar-refractivity contribution in [3.05, 3.63) is 65.4 Å². The number of para-hydroxylation sites is 1. The molecule has 29 heavy (non-hydrogen) atoms. The van der Waals surface area contributed by atoms with Gasteiger partial charge in [-0.25, -0.2) is 17.5 Å². The standard InChI is InChI=1S/C21H22N2O5S/c1-13-19(17-10-5-6-11-18(17)22-13)20(24)14(2)28-21(25)15-8-7-9-16(12-15)29(26,27)23(3)4/h5-12,14,22H,1-4H3/t14-/m0/s1. The summed E-state index contributed by atoms with van der Waals surface area (Å²) in [7, 11) is -0.874. The molecule has 0 radical (unpaired) electrons. The van der Waals surface area contributed by atoms with Crippen LogP contribution in [0, 0.1) is 6.92 Å². The van der Waals surface area contributed by atoms with Crippen molar-refractivity contribution in [1.29, 1.82) is 0 Å². The number of ether oxygens (including phenoxy) is 1. The Kier molecular flexibility index (Phi) is 5.59. The highest BCUT2D eigenvalue weighted by Crippen LogP contribution is 2.24. The van der Waals surface area contributed by atoms with E-state index in [1.54, 1.807) is 6.92 Å². The van der Waals surface area contributed by atoms with E-state index in [4.69, 9.17) is 4.74 Å². The SMILES string of the molecule is Cc1[nH]c2ccccc2c1C(=O)[C@H](C)OC(=O)c1cccc(S(=O)(=O)N(C)C)c1. The molecule has 152 valence electrons. The Morgan fingerprint density at radius 3 is 2.45 bits per heavy atom. The lowest BCUT2D eigenvalue weighted by Crippen LogP contribution is -2.25. The Bertz CT molecular complexity index is 1190. The van der Waals surface area contributed by atoms with Crippen LogP contribution >= 0.6 is 0 Å². The maximum absolute atomic E-state index is 12.9. The lowest BCUT2D eigenvalue weighted by Gasteiger charge is -2.14. The molecule has 0 fully saturated rings. The van der Waals surface area contributed by atoms with Crippen molar-refractivity contribution in [3.63, 3.8) is 0 Å². The minimum atomic E-state index is -3.69. The summed E-state index contributed by atoms with van der Waals surface area (Å²) in [5.74, 6) is -1.09. The van der Waals surface area contributed by atoms with E-state index >= 15 is 0 Å². The maximum Gasteiger partial charge on any atom is 0.338 e. The summed E-state index contributed by atoms with van der Waals surface area (Å²) in [5.41, 5.74) is 2.06. The third-order valence-electron chi connectivity index (χ3n) is 4.64. The lowest BCUT2D eigenvalue weighted by molar-refractivity contribution is 0.0319. The highest BCUT2D eigenvalue weighted by molar-refractivity contribution is 7.89. The van der Waals surface area contributed by atoms with E-state index in [0.29, 0.717) is 11.3 Å². The van der Waals surface area contributed by atoms with E-state index < -0.39 is 22.1 Å². The highest BCUT2D eigenvalue weighted by Gasteiger charge is 2.26. The number of hydrogen-bond acceptors (Lipinski definition) is 5. The van der Waals surface area contributed by atoms with Gasteiger partial charge in [-0.05, 0) is 38.1 Å². The average Bonchev–Trinajstić information content (AvgIpc) is 3.02. The van der Waals surface area contributed by atoms with E-state index in [0.717, 1.165) is 15.2 Å². The minimum Gasteiger partial charge on any atom is -0.451 e. The van der Waals surface area contributed by atoms with E-state index in [1.807, 2.05) is 24.3 Å². The molecular weight excluding hydrogens is 392 g/mol. The average molecular weight is 414 g/mol. The fourth-order valence-electron chi connectivity index (χ4n) is 3.07. The topological polar surface area (TPSA) is 96.5 Å². The van der Waals surface area contributed by atoms with Crippen LogP contribution in [0.3, 0.4) is 0 Å². The molecule has 0 unspecified atom stereocenters. The summed E-state index contributed by atoms with van der Waals surface area (Å²) >= 11 is 0. The van der Waals surface area contributed by atoms with Crippen molar-refractivity contribution in [2.75, 3.05) is 14.1 Å². The molecule has 0 spiro atoms. The van der Waals surface area contributed by atoms with Gasteiger partial charge in [-0.1, -0.05) is 24.3 Å². The summed E-state index contributed by atoms with van der Waals surface area (Å²) in [6, 6.07) is 12.9. The normalized spacial score (nSPS) is 12.9. The zero-order valence-electron chi connectivity index (χ0n) is 16.6. The number of aromatic nitrogens is 1. The molecule has 1 heterocycles. The molecule has 1 N–H and O–H groups in total. The van der Waals surface area contributed by atoms with Gasteiger partial charge in [0.15, 0.2) is 6.10 Å². The Morgan fingerprint density at radius 2 is 1.76 bits per heavy atom. The summed E-state index contributed by atoms with van der Waals surface area (Å²) in [5, 5.41) is 0.761. The van der Waals surface area contributed by atoms with Gasteiger partial charge in [0.2, 0.25) is 15.8 Å². The molecule has 0 aliphatic heterocycles. The Hall–Kier alpha value is -2.97. The van der Waals surface area contributed by atoms with Crippen LogP contribution in [0.4, 0.5) is 0 Å². The molecule has 0 bridgehead atoms. The predicted molar refractivity (Wildman–Crippen MR) is 110 cm³/mol. The molecule has 2 aromatic carbocycles. The first kappa shape index (κ1) is 20.8. The number of hydrogen-bond donors (Lipinski definition) is 1. The number of aromatic amines is 1. The van der Waals surface area contributed by atoms with E-state index in [-0.39, 0.29) is 16.2 Å². The minimum absolute atomic E-state index is 0.0246. The van der Waals surface area contributed by atoms with Crippen LogP contribution in [0.25, 0.3) is 10.9 Å². The number of esters is 1. The second-order valence-corrected chi connectivity index (χ2v) is 9.05. The van der Waals surface area contributed by atoms with Gasteiger partial charge >= 0.3 is 5.97 Å². The van der Waals surface area contributed by atoms with Gasteiger partial charge in [-0.3, -0.25) is 4.79 Å². The molecule has 8 heteroatoms. The lowest BCUT2D eigenvalue weighted by atomic mass is 10.0. The number of aryl methyl sites for hydroxylation is 1. The molecule has 3 aromatic rings. The number of carbonyl (C=O) groups is 2. The number of carbonyl (C=O) groups excluding carboxylic acids is 2. The highest BCUT2D eigenvalue weighted by atomic mass is 32.2. The zero-order valence-corrected chi connectivity index (χ0v) is 17.4. The third kappa shape index (κ3) is 3.94. The van der Waals surface area contributed by atoms with Gasteiger partial charge in [0.25, 0.3) is 0 Å². The van der Waals surface area contributed by atoms with Gasteiger partial charge < -0.3 is 9.72 Å². The number of sulfonamides is 1. The first-order chi connectivity index (χ1) is 13.6. The third-order valence-corrected chi connectivity index (χ3v) is 6.45. The number of ketones is 1. The van der Waals surface area contributed by atoms with Crippen molar-refractivity contribution < 1.29 is 22.7 Å². The first-order valence-corrected chi connectivity index (χ1v) is 10.4. The molecule has 0 saturated carbocycles. The molecular formula is C21H22N2O5S. The van der Waals surface area contributed by atoms with Crippen molar-refractivity contribution in [1.82, 2.24) is 9.29 Å². The molecule has 0 aliphatic carbocycles.